The molecule has 0 bridgehead atoms. The van der Waals surface area contributed by atoms with E-state index in [4.69, 9.17) is 5.11 Å². The largest absolute Gasteiger partial charge is 0.396 e. The fourth-order valence-corrected chi connectivity index (χ4v) is 2.93. The normalized spacial score (nSPS) is 23.1. The summed E-state index contributed by atoms with van der Waals surface area (Å²) in [6.45, 7) is 8.60. The van der Waals surface area contributed by atoms with Crippen LogP contribution in [0.1, 0.15) is 47.5 Å². The highest BCUT2D eigenvalue weighted by molar-refractivity contribution is 5.93. The highest BCUT2D eigenvalue weighted by Crippen LogP contribution is 2.26. The van der Waals surface area contributed by atoms with Crippen LogP contribution in [-0.4, -0.2) is 70.2 Å². The maximum atomic E-state index is 13.0. The molecule has 4 N–H and O–H groups in total. The number of aliphatic hydroxyl groups excluding tert-OH is 2. The molecule has 3 amide bonds. The monoisotopic (exact) mass is 357 g/mol. The summed E-state index contributed by atoms with van der Waals surface area (Å²) in [6.07, 6.45) is -0.225. The van der Waals surface area contributed by atoms with Gasteiger partial charge in [0.2, 0.25) is 17.7 Å². The van der Waals surface area contributed by atoms with Crippen LogP contribution in [0.4, 0.5) is 0 Å². The number of carbonyl (C=O) groups is 3. The van der Waals surface area contributed by atoms with Crippen molar-refractivity contribution < 1.29 is 24.6 Å². The molecule has 8 heteroatoms. The molecule has 1 saturated heterocycles. The molecule has 0 radical (unpaired) electrons. The zero-order valence-electron chi connectivity index (χ0n) is 15.7. The van der Waals surface area contributed by atoms with Gasteiger partial charge in [0.25, 0.3) is 0 Å². The number of nitrogens with one attached hydrogen (secondary N) is 2. The standard InChI is InChI=1S/C17H31N3O5/c1-10(6-7-21)18-15(24)13-8-12(23)9-20(13)16(25)14(17(3,4)5)19-11(2)22/h10,12-14,21,23H,6-9H2,1-5H3,(H,18,24)(H,19,22)/t10?,12-,13+,14-/m1/s1. The van der Waals surface area contributed by atoms with E-state index in [9.17, 15) is 19.5 Å². The lowest BCUT2D eigenvalue weighted by Crippen LogP contribution is -2.57. The van der Waals surface area contributed by atoms with Gasteiger partial charge in [-0.15, -0.1) is 0 Å². The maximum Gasteiger partial charge on any atom is 0.246 e. The van der Waals surface area contributed by atoms with Crippen LogP contribution in [0.5, 0.6) is 0 Å². The smallest absolute Gasteiger partial charge is 0.246 e. The first-order valence-corrected chi connectivity index (χ1v) is 8.64. The lowest BCUT2D eigenvalue weighted by atomic mass is 9.85. The minimum atomic E-state index is -0.791. The first-order valence-electron chi connectivity index (χ1n) is 8.64. The summed E-state index contributed by atoms with van der Waals surface area (Å²) >= 11 is 0. The summed E-state index contributed by atoms with van der Waals surface area (Å²) in [5.41, 5.74) is -0.540. The van der Waals surface area contributed by atoms with Crippen molar-refractivity contribution in [2.75, 3.05) is 13.2 Å². The van der Waals surface area contributed by atoms with Gasteiger partial charge in [-0.25, -0.2) is 0 Å². The molecule has 1 fully saturated rings. The van der Waals surface area contributed by atoms with Crippen molar-refractivity contribution in [3.8, 4) is 0 Å². The van der Waals surface area contributed by atoms with Crippen LogP contribution in [0, 0.1) is 5.41 Å². The van der Waals surface area contributed by atoms with Gasteiger partial charge in [-0.2, -0.15) is 0 Å². The Morgan fingerprint density at radius 2 is 1.84 bits per heavy atom. The number of aliphatic hydroxyl groups is 2. The third-order valence-electron chi connectivity index (χ3n) is 4.28. The number of nitrogens with zero attached hydrogens (tertiary/aromatic N) is 1. The molecule has 0 aromatic rings. The predicted molar refractivity (Wildman–Crippen MR) is 92.5 cm³/mol. The topological polar surface area (TPSA) is 119 Å². The fraction of sp³-hybridized carbons (Fsp3) is 0.824. The van der Waals surface area contributed by atoms with Gasteiger partial charge in [-0.3, -0.25) is 14.4 Å². The SMILES string of the molecule is CC(=O)N[C@H](C(=O)N1C[C@H](O)C[C@H]1C(=O)NC(C)CCO)C(C)(C)C. The van der Waals surface area contributed by atoms with Crippen molar-refractivity contribution in [1.29, 1.82) is 0 Å². The second-order valence-electron chi connectivity index (χ2n) is 7.82. The van der Waals surface area contributed by atoms with E-state index in [0.717, 1.165) is 0 Å². The van der Waals surface area contributed by atoms with E-state index in [1.54, 1.807) is 6.92 Å². The Kier molecular flexibility index (Phi) is 7.37. The third kappa shape index (κ3) is 5.97. The van der Waals surface area contributed by atoms with Crippen molar-refractivity contribution in [1.82, 2.24) is 15.5 Å². The summed E-state index contributed by atoms with van der Waals surface area (Å²) in [5, 5.41) is 24.3. The van der Waals surface area contributed by atoms with Gasteiger partial charge in [0.1, 0.15) is 12.1 Å². The van der Waals surface area contributed by atoms with Crippen LogP contribution in [0.15, 0.2) is 0 Å². The number of amides is 3. The molecule has 4 atom stereocenters. The van der Waals surface area contributed by atoms with Crippen molar-refractivity contribution in [3.63, 3.8) is 0 Å². The average Bonchev–Trinajstić information content (AvgIpc) is 2.85. The summed E-state index contributed by atoms with van der Waals surface area (Å²) in [6, 6.07) is -1.82. The van der Waals surface area contributed by atoms with Crippen LogP contribution in [0.25, 0.3) is 0 Å². The number of hydrogen-bond donors (Lipinski definition) is 4. The lowest BCUT2D eigenvalue weighted by molar-refractivity contribution is -0.144. The molecular weight excluding hydrogens is 326 g/mol. The van der Waals surface area contributed by atoms with Crippen LogP contribution in [0.3, 0.4) is 0 Å². The van der Waals surface area contributed by atoms with Gasteiger partial charge >= 0.3 is 0 Å². The third-order valence-corrected chi connectivity index (χ3v) is 4.28. The molecule has 8 nitrogen and oxygen atoms in total. The van der Waals surface area contributed by atoms with Crippen molar-refractivity contribution in [2.45, 2.75) is 71.7 Å². The second-order valence-corrected chi connectivity index (χ2v) is 7.82. The Hall–Kier alpha value is -1.67. The minimum Gasteiger partial charge on any atom is -0.396 e. The molecule has 0 aromatic heterocycles. The number of likely N-dealkylation sites (tertiary alicyclic amines) is 1. The van der Waals surface area contributed by atoms with Crippen LogP contribution < -0.4 is 10.6 Å². The molecule has 144 valence electrons. The Morgan fingerprint density at radius 1 is 1.24 bits per heavy atom. The van der Waals surface area contributed by atoms with E-state index in [2.05, 4.69) is 10.6 Å². The van der Waals surface area contributed by atoms with E-state index < -0.39 is 23.6 Å². The van der Waals surface area contributed by atoms with Gasteiger partial charge in [0.15, 0.2) is 0 Å². The van der Waals surface area contributed by atoms with Gasteiger partial charge in [0, 0.05) is 32.5 Å². The molecule has 0 aromatic carbocycles. The Morgan fingerprint density at radius 3 is 2.32 bits per heavy atom. The number of carbonyl (C=O) groups excluding carboxylic acids is 3. The summed E-state index contributed by atoms with van der Waals surface area (Å²) in [5.74, 6) is -1.07. The second kappa shape index (κ2) is 8.62. The van der Waals surface area contributed by atoms with Crippen molar-refractivity contribution in [2.24, 2.45) is 5.41 Å². The summed E-state index contributed by atoms with van der Waals surface area (Å²) < 4.78 is 0. The van der Waals surface area contributed by atoms with E-state index in [1.165, 1.54) is 11.8 Å². The van der Waals surface area contributed by atoms with E-state index in [-0.39, 0.29) is 43.3 Å². The molecule has 1 unspecified atom stereocenters. The van der Waals surface area contributed by atoms with Gasteiger partial charge in [-0.05, 0) is 18.8 Å². The molecule has 1 heterocycles. The van der Waals surface area contributed by atoms with E-state index in [0.29, 0.717) is 6.42 Å². The van der Waals surface area contributed by atoms with Gasteiger partial charge < -0.3 is 25.7 Å². The number of hydrogen-bond acceptors (Lipinski definition) is 5. The van der Waals surface area contributed by atoms with Crippen molar-refractivity contribution >= 4 is 17.7 Å². The molecule has 0 saturated carbocycles. The lowest BCUT2D eigenvalue weighted by Gasteiger charge is -2.35. The fourth-order valence-electron chi connectivity index (χ4n) is 2.93. The maximum absolute atomic E-state index is 13.0. The van der Waals surface area contributed by atoms with Crippen LogP contribution in [-0.2, 0) is 14.4 Å². The summed E-state index contributed by atoms with van der Waals surface area (Å²) in [7, 11) is 0. The molecule has 1 rings (SSSR count). The van der Waals surface area contributed by atoms with Gasteiger partial charge in [-0.1, -0.05) is 20.8 Å². The Bertz CT molecular complexity index is 503. The highest BCUT2D eigenvalue weighted by Gasteiger charge is 2.44. The Labute approximate surface area is 149 Å². The molecule has 1 aliphatic rings. The van der Waals surface area contributed by atoms with Crippen molar-refractivity contribution in [3.05, 3.63) is 0 Å². The zero-order chi connectivity index (χ0) is 19.4. The molecular formula is C17H31N3O5. The minimum absolute atomic E-state index is 0.0496. The average molecular weight is 357 g/mol. The first-order chi connectivity index (χ1) is 11.5. The summed E-state index contributed by atoms with van der Waals surface area (Å²) in [4.78, 5) is 38.3. The number of rotatable bonds is 6. The molecule has 0 aliphatic carbocycles. The first kappa shape index (κ1) is 21.4. The van der Waals surface area contributed by atoms with Gasteiger partial charge in [0.05, 0.1) is 6.10 Å². The van der Waals surface area contributed by atoms with Crippen LogP contribution in [0.2, 0.25) is 0 Å². The molecule has 1 aliphatic heterocycles. The highest BCUT2D eigenvalue weighted by atomic mass is 16.3. The van der Waals surface area contributed by atoms with E-state index in [1.807, 2.05) is 20.8 Å². The molecule has 25 heavy (non-hydrogen) atoms. The van der Waals surface area contributed by atoms with Crippen LogP contribution >= 0.6 is 0 Å². The quantitative estimate of drug-likeness (QED) is 0.505. The zero-order valence-corrected chi connectivity index (χ0v) is 15.7. The number of β-amino-alcohol motifs (C(OH)–C–C–N with tert-alkyl or cyclic N) is 1. The Balaban J connectivity index is 2.96. The predicted octanol–water partition coefficient (Wildman–Crippen LogP) is -0.614. The van der Waals surface area contributed by atoms with E-state index >= 15 is 0 Å². The molecule has 0 spiro atoms.